The summed E-state index contributed by atoms with van der Waals surface area (Å²) in [5, 5.41) is 2.66. The fraction of sp³-hybridized carbons (Fsp3) is 0.438. The van der Waals surface area contributed by atoms with Gasteiger partial charge in [0.15, 0.2) is 0 Å². The quantitative estimate of drug-likeness (QED) is 0.858. The first-order valence-corrected chi connectivity index (χ1v) is 7.17. The number of esters is 1. The molecule has 1 aliphatic rings. The zero-order valence-corrected chi connectivity index (χ0v) is 12.4. The van der Waals surface area contributed by atoms with Crippen molar-refractivity contribution in [1.82, 2.24) is 5.32 Å². The van der Waals surface area contributed by atoms with Crippen molar-refractivity contribution >= 4 is 17.8 Å². The van der Waals surface area contributed by atoms with E-state index in [1.165, 1.54) is 7.11 Å². The molecule has 0 unspecified atom stereocenters. The molecule has 1 aromatic rings. The van der Waals surface area contributed by atoms with Crippen LogP contribution in [0.3, 0.4) is 0 Å². The highest BCUT2D eigenvalue weighted by Gasteiger charge is 2.36. The molecule has 0 saturated heterocycles. The van der Waals surface area contributed by atoms with Crippen LogP contribution in [-0.4, -0.2) is 31.0 Å². The van der Waals surface area contributed by atoms with Crippen LogP contribution < -0.4 is 5.32 Å². The predicted octanol–water partition coefficient (Wildman–Crippen LogP) is 1.82. The molecule has 0 radical (unpaired) electrons. The van der Waals surface area contributed by atoms with Gasteiger partial charge >= 0.3 is 12.1 Å². The van der Waals surface area contributed by atoms with Gasteiger partial charge in [0.05, 0.1) is 13.0 Å². The summed E-state index contributed by atoms with van der Waals surface area (Å²) in [6.45, 7) is 0.154. The van der Waals surface area contributed by atoms with E-state index in [-0.39, 0.29) is 18.8 Å². The molecule has 6 nitrogen and oxygen atoms in total. The fourth-order valence-electron chi connectivity index (χ4n) is 2.50. The molecular weight excluding hydrogens is 286 g/mol. The second-order valence-electron chi connectivity index (χ2n) is 5.22. The zero-order chi connectivity index (χ0) is 15.9. The van der Waals surface area contributed by atoms with Crippen LogP contribution in [-0.2, 0) is 25.7 Å². The van der Waals surface area contributed by atoms with Crippen molar-refractivity contribution in [3.05, 3.63) is 35.9 Å². The first kappa shape index (κ1) is 16.0. The molecule has 0 aromatic heterocycles. The summed E-state index contributed by atoms with van der Waals surface area (Å²) in [7, 11) is 1.27. The number of amides is 1. The number of hydrogen-bond acceptors (Lipinski definition) is 5. The normalized spacial score (nSPS) is 21.0. The Morgan fingerprint density at radius 2 is 2.00 bits per heavy atom. The van der Waals surface area contributed by atoms with E-state index in [9.17, 15) is 14.4 Å². The molecule has 2 rings (SSSR count). The molecule has 1 aliphatic carbocycles. The molecular formula is C16H19NO5. The molecule has 2 atom stereocenters. The van der Waals surface area contributed by atoms with E-state index >= 15 is 0 Å². The summed E-state index contributed by atoms with van der Waals surface area (Å²) in [5.74, 6) is -1.12. The highest BCUT2D eigenvalue weighted by atomic mass is 16.5. The Hall–Kier alpha value is -2.37. The Morgan fingerprint density at radius 1 is 1.27 bits per heavy atom. The van der Waals surface area contributed by atoms with Crippen molar-refractivity contribution in [3.63, 3.8) is 0 Å². The van der Waals surface area contributed by atoms with E-state index in [1.807, 2.05) is 30.3 Å². The maximum Gasteiger partial charge on any atom is 0.407 e. The number of ether oxygens (including phenoxy) is 2. The van der Waals surface area contributed by atoms with Gasteiger partial charge in [-0.05, 0) is 12.0 Å². The molecule has 1 fully saturated rings. The Balaban J connectivity index is 1.88. The van der Waals surface area contributed by atoms with Crippen LogP contribution in [0.25, 0.3) is 0 Å². The van der Waals surface area contributed by atoms with E-state index < -0.39 is 24.0 Å². The van der Waals surface area contributed by atoms with E-state index in [4.69, 9.17) is 9.47 Å². The van der Waals surface area contributed by atoms with Gasteiger partial charge in [-0.25, -0.2) is 4.79 Å². The summed E-state index contributed by atoms with van der Waals surface area (Å²) in [5.41, 5.74) is 0.876. The van der Waals surface area contributed by atoms with Gasteiger partial charge in [-0.3, -0.25) is 9.59 Å². The van der Waals surface area contributed by atoms with Gasteiger partial charge in [0.2, 0.25) is 0 Å². The predicted molar refractivity (Wildman–Crippen MR) is 77.9 cm³/mol. The lowest BCUT2D eigenvalue weighted by Crippen LogP contribution is -2.47. The third kappa shape index (κ3) is 4.31. The van der Waals surface area contributed by atoms with Crippen LogP contribution in [0.5, 0.6) is 0 Å². The first-order valence-electron chi connectivity index (χ1n) is 7.17. The Kier molecular flexibility index (Phi) is 5.52. The molecule has 118 valence electrons. The molecule has 0 bridgehead atoms. The van der Waals surface area contributed by atoms with Gasteiger partial charge in [0, 0.05) is 18.9 Å². The van der Waals surface area contributed by atoms with Crippen LogP contribution in [0.15, 0.2) is 30.3 Å². The van der Waals surface area contributed by atoms with Gasteiger partial charge in [0.1, 0.15) is 12.4 Å². The zero-order valence-electron chi connectivity index (χ0n) is 12.4. The molecule has 0 aliphatic heterocycles. The lowest BCUT2D eigenvalue weighted by atomic mass is 9.84. The topological polar surface area (TPSA) is 81.7 Å². The minimum Gasteiger partial charge on any atom is -0.469 e. The maximum atomic E-state index is 11.9. The van der Waals surface area contributed by atoms with Crippen molar-refractivity contribution in [2.75, 3.05) is 7.11 Å². The number of alkyl carbamates (subject to hydrolysis) is 1. The average molecular weight is 305 g/mol. The summed E-state index contributed by atoms with van der Waals surface area (Å²) >= 11 is 0. The number of Topliss-reactive ketones (excluding diaryl/α,β-unsaturated/α-hetero) is 1. The van der Waals surface area contributed by atoms with Crippen molar-refractivity contribution in [1.29, 1.82) is 0 Å². The van der Waals surface area contributed by atoms with Crippen LogP contribution >= 0.6 is 0 Å². The van der Waals surface area contributed by atoms with Crippen LogP contribution in [0.4, 0.5) is 4.79 Å². The number of methoxy groups -OCH3 is 1. The third-order valence-electron chi connectivity index (χ3n) is 3.69. The highest BCUT2D eigenvalue weighted by Crippen LogP contribution is 2.23. The van der Waals surface area contributed by atoms with Crippen molar-refractivity contribution in [2.24, 2.45) is 5.92 Å². The largest absolute Gasteiger partial charge is 0.469 e. The number of ketones is 1. The number of carbonyl (C=O) groups excluding carboxylic acids is 3. The Bertz CT molecular complexity index is 543. The van der Waals surface area contributed by atoms with E-state index in [0.29, 0.717) is 12.8 Å². The SMILES string of the molecule is COC(=O)[C@H]1CC(=O)CC[C@H]1NC(=O)OCc1ccccc1. The van der Waals surface area contributed by atoms with E-state index in [0.717, 1.165) is 5.56 Å². The average Bonchev–Trinajstić information content (AvgIpc) is 2.55. The smallest absolute Gasteiger partial charge is 0.407 e. The number of hydrogen-bond donors (Lipinski definition) is 1. The lowest BCUT2D eigenvalue weighted by molar-refractivity contribution is -0.149. The van der Waals surface area contributed by atoms with Crippen molar-refractivity contribution < 1.29 is 23.9 Å². The first-order chi connectivity index (χ1) is 10.6. The standard InChI is InChI=1S/C16H19NO5/c1-21-15(19)13-9-12(18)7-8-14(13)17-16(20)22-10-11-5-3-2-4-6-11/h2-6,13-14H,7-10H2,1H3,(H,17,20)/t13-,14+/m0/s1. The number of carbonyl (C=O) groups is 3. The summed E-state index contributed by atoms with van der Waals surface area (Å²) in [6, 6.07) is 8.86. The van der Waals surface area contributed by atoms with Crippen molar-refractivity contribution in [3.8, 4) is 0 Å². The molecule has 22 heavy (non-hydrogen) atoms. The van der Waals surface area contributed by atoms with Crippen LogP contribution in [0.2, 0.25) is 0 Å². The fourth-order valence-corrected chi connectivity index (χ4v) is 2.50. The molecule has 1 N–H and O–H groups in total. The lowest BCUT2D eigenvalue weighted by Gasteiger charge is -2.29. The van der Waals surface area contributed by atoms with Crippen molar-refractivity contribution in [2.45, 2.75) is 31.9 Å². The van der Waals surface area contributed by atoms with Gasteiger partial charge in [-0.2, -0.15) is 0 Å². The summed E-state index contributed by atoms with van der Waals surface area (Å²) in [6.07, 6.45) is 0.254. The highest BCUT2D eigenvalue weighted by molar-refractivity contribution is 5.87. The number of benzene rings is 1. The van der Waals surface area contributed by atoms with Gasteiger partial charge in [-0.15, -0.1) is 0 Å². The van der Waals surface area contributed by atoms with Crippen LogP contribution in [0, 0.1) is 5.92 Å². The molecule has 0 spiro atoms. The molecule has 6 heteroatoms. The van der Waals surface area contributed by atoms with E-state index in [1.54, 1.807) is 0 Å². The van der Waals surface area contributed by atoms with E-state index in [2.05, 4.69) is 5.32 Å². The minimum atomic E-state index is -0.643. The Morgan fingerprint density at radius 3 is 2.68 bits per heavy atom. The molecule has 1 saturated carbocycles. The number of rotatable bonds is 4. The monoisotopic (exact) mass is 305 g/mol. The Labute approximate surface area is 128 Å². The maximum absolute atomic E-state index is 11.9. The second kappa shape index (κ2) is 7.59. The van der Waals surface area contributed by atoms with Crippen LogP contribution in [0.1, 0.15) is 24.8 Å². The summed E-state index contributed by atoms with van der Waals surface area (Å²) < 4.78 is 9.83. The molecule has 1 aromatic carbocycles. The summed E-state index contributed by atoms with van der Waals surface area (Å²) in [4.78, 5) is 35.1. The third-order valence-corrected chi connectivity index (χ3v) is 3.69. The second-order valence-corrected chi connectivity index (χ2v) is 5.22. The van der Waals surface area contributed by atoms with Gasteiger partial charge < -0.3 is 14.8 Å². The minimum absolute atomic E-state index is 0.00565. The molecule has 0 heterocycles. The number of nitrogens with one attached hydrogen (secondary N) is 1. The van der Waals surface area contributed by atoms with Gasteiger partial charge in [0.25, 0.3) is 0 Å². The molecule has 1 amide bonds. The van der Waals surface area contributed by atoms with Gasteiger partial charge in [-0.1, -0.05) is 30.3 Å².